The van der Waals surface area contributed by atoms with E-state index in [4.69, 9.17) is 5.11 Å². The summed E-state index contributed by atoms with van der Waals surface area (Å²) in [4.78, 5) is 14.5. The number of nitrogens with zero attached hydrogens (tertiary/aromatic N) is 2. The first-order valence-corrected chi connectivity index (χ1v) is 5.19. The molecule has 2 N–H and O–H groups in total. The molecule has 0 atom stereocenters. The molecule has 1 aromatic carbocycles. The predicted octanol–water partition coefficient (Wildman–Crippen LogP) is 1.73. The Labute approximate surface area is 98.0 Å². The van der Waals surface area contributed by atoms with Crippen LogP contribution in [0.25, 0.3) is 11.3 Å². The Morgan fingerprint density at radius 1 is 1.35 bits per heavy atom. The smallest absolute Gasteiger partial charge is 0.305 e. The van der Waals surface area contributed by atoms with Crippen molar-refractivity contribution in [3.8, 4) is 17.0 Å². The van der Waals surface area contributed by atoms with Crippen LogP contribution < -0.4 is 0 Å². The Morgan fingerprint density at radius 3 is 2.82 bits per heavy atom. The lowest BCUT2D eigenvalue weighted by Crippen LogP contribution is -2.04. The van der Waals surface area contributed by atoms with Crippen molar-refractivity contribution in [3.05, 3.63) is 36.8 Å². The number of carboxylic acid groups (broad SMARTS) is 1. The number of rotatable bonds is 4. The number of para-hydroxylation sites is 1. The molecule has 2 aromatic rings. The predicted molar refractivity (Wildman–Crippen MR) is 61.6 cm³/mol. The number of hydrogen-bond acceptors (Lipinski definition) is 3. The zero-order valence-corrected chi connectivity index (χ0v) is 9.08. The van der Waals surface area contributed by atoms with E-state index in [2.05, 4.69) is 4.98 Å². The minimum absolute atomic E-state index is 0.0248. The van der Waals surface area contributed by atoms with Gasteiger partial charge >= 0.3 is 5.97 Å². The SMILES string of the molecule is O=C(O)CCn1cncc1-c1ccccc1O. The third-order valence-corrected chi connectivity index (χ3v) is 2.46. The van der Waals surface area contributed by atoms with Crippen LogP contribution in [0.2, 0.25) is 0 Å². The Bertz CT molecular complexity index is 534. The van der Waals surface area contributed by atoms with Gasteiger partial charge in [-0.2, -0.15) is 0 Å². The van der Waals surface area contributed by atoms with Gasteiger partial charge in [-0.05, 0) is 12.1 Å². The number of carboxylic acids is 1. The van der Waals surface area contributed by atoms with Crippen LogP contribution in [0.15, 0.2) is 36.8 Å². The van der Waals surface area contributed by atoms with Gasteiger partial charge in [-0.25, -0.2) is 4.98 Å². The highest BCUT2D eigenvalue weighted by molar-refractivity contribution is 5.68. The first-order valence-electron chi connectivity index (χ1n) is 5.19. The average Bonchev–Trinajstić information content (AvgIpc) is 2.75. The van der Waals surface area contributed by atoms with Gasteiger partial charge < -0.3 is 14.8 Å². The number of imidazole rings is 1. The van der Waals surface area contributed by atoms with Crippen molar-refractivity contribution < 1.29 is 15.0 Å². The highest BCUT2D eigenvalue weighted by atomic mass is 16.4. The summed E-state index contributed by atoms with van der Waals surface area (Å²) in [6.45, 7) is 0.332. The van der Waals surface area contributed by atoms with E-state index in [-0.39, 0.29) is 12.2 Å². The van der Waals surface area contributed by atoms with Crippen LogP contribution in [0, 0.1) is 0 Å². The maximum Gasteiger partial charge on any atom is 0.305 e. The van der Waals surface area contributed by atoms with Gasteiger partial charge in [0.2, 0.25) is 0 Å². The standard InChI is InChI=1S/C12H12N2O3/c15-11-4-2-1-3-9(11)10-7-13-8-14(10)6-5-12(16)17/h1-4,7-8,15H,5-6H2,(H,16,17). The summed E-state index contributed by atoms with van der Waals surface area (Å²) < 4.78 is 1.71. The van der Waals surface area contributed by atoms with E-state index in [1.807, 2.05) is 6.07 Å². The van der Waals surface area contributed by atoms with Crippen LogP contribution in [0.3, 0.4) is 0 Å². The van der Waals surface area contributed by atoms with E-state index in [9.17, 15) is 9.90 Å². The molecule has 0 radical (unpaired) electrons. The number of phenols is 1. The molecule has 0 aliphatic carbocycles. The largest absolute Gasteiger partial charge is 0.507 e. The summed E-state index contributed by atoms with van der Waals surface area (Å²) in [5, 5.41) is 18.4. The van der Waals surface area contributed by atoms with Crippen LogP contribution in [-0.2, 0) is 11.3 Å². The van der Waals surface area contributed by atoms with Gasteiger partial charge in [-0.15, -0.1) is 0 Å². The number of hydrogen-bond donors (Lipinski definition) is 2. The highest BCUT2D eigenvalue weighted by Crippen LogP contribution is 2.28. The molecule has 5 heteroatoms. The summed E-state index contributed by atoms with van der Waals surface area (Å²) in [5.74, 6) is -0.702. The second-order valence-corrected chi connectivity index (χ2v) is 3.63. The minimum Gasteiger partial charge on any atom is -0.507 e. The van der Waals surface area contributed by atoms with Crippen molar-refractivity contribution in [2.75, 3.05) is 0 Å². The maximum atomic E-state index is 10.5. The van der Waals surface area contributed by atoms with Crippen molar-refractivity contribution >= 4 is 5.97 Å². The van der Waals surface area contributed by atoms with E-state index < -0.39 is 5.97 Å². The van der Waals surface area contributed by atoms with Gasteiger partial charge in [0.15, 0.2) is 0 Å². The van der Waals surface area contributed by atoms with E-state index in [0.29, 0.717) is 17.8 Å². The molecule has 2 rings (SSSR count). The molecule has 17 heavy (non-hydrogen) atoms. The van der Waals surface area contributed by atoms with E-state index >= 15 is 0 Å². The van der Waals surface area contributed by atoms with E-state index in [1.165, 1.54) is 0 Å². The second-order valence-electron chi connectivity index (χ2n) is 3.63. The fraction of sp³-hybridized carbons (Fsp3) is 0.167. The van der Waals surface area contributed by atoms with Crippen LogP contribution >= 0.6 is 0 Å². The van der Waals surface area contributed by atoms with Gasteiger partial charge in [-0.3, -0.25) is 4.79 Å². The van der Waals surface area contributed by atoms with Crippen LogP contribution in [-0.4, -0.2) is 25.7 Å². The zero-order valence-electron chi connectivity index (χ0n) is 9.08. The maximum absolute atomic E-state index is 10.5. The van der Waals surface area contributed by atoms with Crippen LogP contribution in [0.4, 0.5) is 0 Å². The number of aryl methyl sites for hydroxylation is 1. The topological polar surface area (TPSA) is 75.3 Å². The molecule has 1 heterocycles. The Kier molecular flexibility index (Phi) is 3.09. The molecule has 0 amide bonds. The lowest BCUT2D eigenvalue weighted by atomic mass is 10.1. The lowest BCUT2D eigenvalue weighted by molar-refractivity contribution is -0.137. The second kappa shape index (κ2) is 4.69. The normalized spacial score (nSPS) is 10.4. The summed E-state index contributed by atoms with van der Waals surface area (Å²) in [7, 11) is 0. The molecule has 0 saturated heterocycles. The zero-order chi connectivity index (χ0) is 12.3. The number of phenolic OH excluding ortho intramolecular Hbond substituents is 1. The Morgan fingerprint density at radius 2 is 2.12 bits per heavy atom. The van der Waals surface area contributed by atoms with Gasteiger partial charge in [-0.1, -0.05) is 12.1 Å². The molecule has 0 aliphatic heterocycles. The number of benzene rings is 1. The first kappa shape index (κ1) is 11.2. The summed E-state index contributed by atoms with van der Waals surface area (Å²) >= 11 is 0. The monoisotopic (exact) mass is 232 g/mol. The number of aromatic nitrogens is 2. The van der Waals surface area contributed by atoms with Crippen LogP contribution in [0.1, 0.15) is 6.42 Å². The summed E-state index contributed by atoms with van der Waals surface area (Å²) in [6.07, 6.45) is 3.19. The first-order chi connectivity index (χ1) is 8.18. The molecule has 0 saturated carbocycles. The average molecular weight is 232 g/mol. The van der Waals surface area contributed by atoms with Gasteiger partial charge in [0.25, 0.3) is 0 Å². The molecule has 0 bridgehead atoms. The molecule has 0 spiro atoms. The number of aromatic hydroxyl groups is 1. The molecular weight excluding hydrogens is 220 g/mol. The van der Waals surface area contributed by atoms with Crippen molar-refractivity contribution in [2.45, 2.75) is 13.0 Å². The third-order valence-electron chi connectivity index (χ3n) is 2.46. The Balaban J connectivity index is 2.31. The fourth-order valence-corrected chi connectivity index (χ4v) is 1.63. The van der Waals surface area contributed by atoms with Gasteiger partial charge in [0.05, 0.1) is 24.6 Å². The lowest BCUT2D eigenvalue weighted by Gasteiger charge is -2.08. The molecule has 1 aromatic heterocycles. The molecule has 5 nitrogen and oxygen atoms in total. The van der Waals surface area contributed by atoms with Gasteiger partial charge in [0.1, 0.15) is 5.75 Å². The van der Waals surface area contributed by atoms with E-state index in [0.717, 1.165) is 0 Å². The van der Waals surface area contributed by atoms with Crippen molar-refractivity contribution in [1.29, 1.82) is 0 Å². The third kappa shape index (κ3) is 2.44. The van der Waals surface area contributed by atoms with Crippen molar-refractivity contribution in [1.82, 2.24) is 9.55 Å². The highest BCUT2D eigenvalue weighted by Gasteiger charge is 2.09. The van der Waals surface area contributed by atoms with Crippen LogP contribution in [0.5, 0.6) is 5.75 Å². The summed E-state index contributed by atoms with van der Waals surface area (Å²) in [5.41, 5.74) is 1.36. The molecule has 0 unspecified atom stereocenters. The Hall–Kier alpha value is -2.30. The number of aliphatic carboxylic acids is 1. The quantitative estimate of drug-likeness (QED) is 0.841. The van der Waals surface area contributed by atoms with E-state index in [1.54, 1.807) is 35.3 Å². The number of carbonyl (C=O) groups is 1. The molecule has 0 aliphatic rings. The summed E-state index contributed by atoms with van der Waals surface area (Å²) in [6, 6.07) is 6.90. The molecule has 0 fully saturated rings. The minimum atomic E-state index is -0.859. The molecule has 88 valence electrons. The fourth-order valence-electron chi connectivity index (χ4n) is 1.63. The van der Waals surface area contributed by atoms with Crippen molar-refractivity contribution in [3.63, 3.8) is 0 Å². The molecular formula is C12H12N2O3. The van der Waals surface area contributed by atoms with Crippen molar-refractivity contribution in [2.24, 2.45) is 0 Å². The van der Waals surface area contributed by atoms with Gasteiger partial charge in [0, 0.05) is 12.1 Å².